The number of carbonyl (C=O) groups is 3. The number of rotatable bonds is 8. The largest absolute Gasteiger partial charge is 0.483 e. The van der Waals surface area contributed by atoms with E-state index in [2.05, 4.69) is 27.1 Å². The molecule has 10 heteroatoms. The third-order valence-electron chi connectivity index (χ3n) is 8.33. The topological polar surface area (TPSA) is 95.1 Å². The van der Waals surface area contributed by atoms with Crippen molar-refractivity contribution in [2.24, 2.45) is 0 Å². The molecule has 0 atom stereocenters. The normalized spacial score (nSPS) is 17.5. The van der Waals surface area contributed by atoms with Crippen molar-refractivity contribution < 1.29 is 19.1 Å². The number of thiazole rings is 1. The maximum Gasteiger partial charge on any atom is 0.264 e. The Hall–Kier alpha value is -3.60. The lowest BCUT2D eigenvalue weighted by atomic mass is 9.99. The number of likely N-dealkylation sites (tertiary alicyclic amines) is 1. The van der Waals surface area contributed by atoms with Gasteiger partial charge in [0.05, 0.1) is 10.2 Å². The van der Waals surface area contributed by atoms with E-state index in [0.29, 0.717) is 35.6 Å². The van der Waals surface area contributed by atoms with Crippen molar-refractivity contribution in [1.29, 1.82) is 0 Å². The van der Waals surface area contributed by atoms with Gasteiger partial charge in [-0.2, -0.15) is 0 Å². The molecule has 2 aliphatic rings. The third kappa shape index (κ3) is 7.24. The molecule has 3 heterocycles. The van der Waals surface area contributed by atoms with Gasteiger partial charge in [0.2, 0.25) is 5.91 Å². The summed E-state index contributed by atoms with van der Waals surface area (Å²) < 4.78 is 6.77. The minimum absolute atomic E-state index is 0.120. The molecule has 0 radical (unpaired) electrons. The molecule has 1 N–H and O–H groups in total. The maximum absolute atomic E-state index is 13.0. The van der Waals surface area contributed by atoms with Crippen molar-refractivity contribution in [3.05, 3.63) is 65.2 Å². The third-order valence-corrected chi connectivity index (χ3v) is 9.28. The average molecular weight is 590 g/mol. The van der Waals surface area contributed by atoms with Crippen LogP contribution in [-0.2, 0) is 9.59 Å². The standard InChI is InChI=1S/C32H39N5O4S/c1-22-23(2)28(41-21-30(39)34-32-33-26-7-4-5-8-29(26)42-32)11-9-25(22)27(38)10-12-31(40)37-17-13-24(14-18-37)36-16-6-15-35(3)19-20-36/h4-5,7-12,24H,6,13-21H2,1-3H3,(H,33,34,39). The number of anilines is 1. The summed E-state index contributed by atoms with van der Waals surface area (Å²) in [6, 6.07) is 11.6. The molecule has 0 bridgehead atoms. The van der Waals surface area contributed by atoms with Crippen molar-refractivity contribution >= 4 is 44.3 Å². The number of hydrogen-bond acceptors (Lipinski definition) is 8. The number of ether oxygens (including phenoxy) is 1. The number of benzene rings is 2. The highest BCUT2D eigenvalue weighted by Crippen LogP contribution is 2.27. The number of fused-ring (bicyclic) bond motifs is 1. The molecular weight excluding hydrogens is 550 g/mol. The van der Waals surface area contributed by atoms with Gasteiger partial charge in [0.1, 0.15) is 5.75 Å². The molecular formula is C32H39N5O4S. The number of carbonyl (C=O) groups excluding carboxylic acids is 3. The SMILES string of the molecule is Cc1c(OCC(=O)Nc2nc3ccccc3s2)ccc(C(=O)C=CC(=O)N2CCC(N3CCCN(C)CC3)CC2)c1C. The van der Waals surface area contributed by atoms with Crippen LogP contribution in [0.2, 0.25) is 0 Å². The Morgan fingerprint density at radius 1 is 0.976 bits per heavy atom. The summed E-state index contributed by atoms with van der Waals surface area (Å²) in [4.78, 5) is 49.5. The first kappa shape index (κ1) is 29.9. The van der Waals surface area contributed by atoms with E-state index in [1.165, 1.54) is 29.9 Å². The Morgan fingerprint density at radius 2 is 1.76 bits per heavy atom. The Morgan fingerprint density at radius 3 is 2.55 bits per heavy atom. The van der Waals surface area contributed by atoms with E-state index in [9.17, 15) is 14.4 Å². The first-order chi connectivity index (χ1) is 20.3. The maximum atomic E-state index is 13.0. The van der Waals surface area contributed by atoms with Gasteiger partial charge in [0.15, 0.2) is 17.5 Å². The molecule has 0 spiro atoms. The molecule has 0 unspecified atom stereocenters. The van der Waals surface area contributed by atoms with Crippen molar-refractivity contribution in [3.8, 4) is 5.75 Å². The zero-order valence-electron chi connectivity index (χ0n) is 24.6. The van der Waals surface area contributed by atoms with Crippen LogP contribution in [0.25, 0.3) is 10.2 Å². The summed E-state index contributed by atoms with van der Waals surface area (Å²) in [6.45, 7) is 9.40. The molecule has 0 saturated carbocycles. The fraction of sp³-hybridized carbons (Fsp3) is 0.438. The van der Waals surface area contributed by atoms with Crippen molar-refractivity contribution in [2.75, 3.05) is 58.2 Å². The molecule has 1 aromatic heterocycles. The van der Waals surface area contributed by atoms with Crippen LogP contribution in [-0.4, -0.2) is 96.2 Å². The zero-order chi connectivity index (χ0) is 29.6. The second-order valence-corrected chi connectivity index (χ2v) is 12.2. The van der Waals surface area contributed by atoms with Crippen LogP contribution < -0.4 is 10.1 Å². The van der Waals surface area contributed by atoms with Crippen LogP contribution in [0, 0.1) is 13.8 Å². The molecule has 2 fully saturated rings. The van der Waals surface area contributed by atoms with Gasteiger partial charge in [-0.1, -0.05) is 23.5 Å². The van der Waals surface area contributed by atoms with Gasteiger partial charge >= 0.3 is 0 Å². The zero-order valence-corrected chi connectivity index (χ0v) is 25.4. The minimum Gasteiger partial charge on any atom is -0.483 e. The van der Waals surface area contributed by atoms with Crippen LogP contribution >= 0.6 is 11.3 Å². The van der Waals surface area contributed by atoms with Crippen LogP contribution in [0.1, 0.15) is 40.7 Å². The summed E-state index contributed by atoms with van der Waals surface area (Å²) in [5.41, 5.74) is 2.87. The van der Waals surface area contributed by atoms with E-state index in [1.54, 1.807) is 12.1 Å². The van der Waals surface area contributed by atoms with Gasteiger partial charge < -0.3 is 14.5 Å². The van der Waals surface area contributed by atoms with Crippen LogP contribution in [0.4, 0.5) is 5.13 Å². The predicted molar refractivity (Wildman–Crippen MR) is 166 cm³/mol. The number of nitrogens with one attached hydrogen (secondary N) is 1. The molecule has 5 rings (SSSR count). The first-order valence-corrected chi connectivity index (χ1v) is 15.4. The molecule has 2 aliphatic heterocycles. The molecule has 0 aliphatic carbocycles. The Balaban J connectivity index is 1.11. The van der Waals surface area contributed by atoms with Gasteiger partial charge in [-0.15, -0.1) is 0 Å². The number of allylic oxidation sites excluding steroid dienone is 1. The molecule has 42 heavy (non-hydrogen) atoms. The minimum atomic E-state index is -0.309. The number of hydrogen-bond donors (Lipinski definition) is 1. The van der Waals surface area contributed by atoms with Crippen LogP contribution in [0.5, 0.6) is 5.75 Å². The molecule has 2 amide bonds. The molecule has 2 aromatic carbocycles. The van der Waals surface area contributed by atoms with Crippen LogP contribution in [0.3, 0.4) is 0 Å². The number of para-hydroxylation sites is 1. The molecule has 222 valence electrons. The van der Waals surface area contributed by atoms with E-state index in [-0.39, 0.29) is 24.2 Å². The smallest absolute Gasteiger partial charge is 0.264 e. The lowest BCUT2D eigenvalue weighted by molar-refractivity contribution is -0.127. The monoisotopic (exact) mass is 589 g/mol. The second kappa shape index (κ2) is 13.6. The fourth-order valence-electron chi connectivity index (χ4n) is 5.67. The van der Waals surface area contributed by atoms with Crippen molar-refractivity contribution in [2.45, 2.75) is 39.2 Å². The number of aromatic nitrogens is 1. The van der Waals surface area contributed by atoms with E-state index in [4.69, 9.17) is 4.74 Å². The Kier molecular flexibility index (Phi) is 9.66. The van der Waals surface area contributed by atoms with Gasteiger partial charge in [-0.25, -0.2) is 4.98 Å². The Bertz CT molecular complexity index is 1440. The molecule has 2 saturated heterocycles. The van der Waals surface area contributed by atoms with E-state index < -0.39 is 0 Å². The highest BCUT2D eigenvalue weighted by molar-refractivity contribution is 7.22. The Labute approximate surface area is 251 Å². The summed E-state index contributed by atoms with van der Waals surface area (Å²) >= 11 is 1.41. The highest BCUT2D eigenvalue weighted by Gasteiger charge is 2.27. The fourth-order valence-corrected chi connectivity index (χ4v) is 6.55. The number of ketones is 1. The summed E-state index contributed by atoms with van der Waals surface area (Å²) in [5, 5.41) is 3.31. The lowest BCUT2D eigenvalue weighted by Crippen LogP contribution is -2.47. The second-order valence-electron chi connectivity index (χ2n) is 11.1. The lowest BCUT2D eigenvalue weighted by Gasteiger charge is -2.37. The van der Waals surface area contributed by atoms with Crippen molar-refractivity contribution in [3.63, 3.8) is 0 Å². The summed E-state index contributed by atoms with van der Waals surface area (Å²) in [5.74, 6) is -0.128. The number of nitrogens with zero attached hydrogens (tertiary/aromatic N) is 4. The summed E-state index contributed by atoms with van der Waals surface area (Å²) in [6.07, 6.45) is 5.89. The van der Waals surface area contributed by atoms with Gasteiger partial charge in [-0.3, -0.25) is 24.6 Å². The molecule has 9 nitrogen and oxygen atoms in total. The molecule has 3 aromatic rings. The first-order valence-electron chi connectivity index (χ1n) is 14.6. The van der Waals surface area contributed by atoms with E-state index >= 15 is 0 Å². The van der Waals surface area contributed by atoms with E-state index in [0.717, 1.165) is 60.4 Å². The van der Waals surface area contributed by atoms with Gasteiger partial charge in [0, 0.05) is 43.9 Å². The van der Waals surface area contributed by atoms with Gasteiger partial charge in [-0.05, 0) is 94.7 Å². The van der Waals surface area contributed by atoms with Crippen molar-refractivity contribution in [1.82, 2.24) is 19.7 Å². The summed E-state index contributed by atoms with van der Waals surface area (Å²) in [7, 11) is 2.18. The number of amides is 2. The van der Waals surface area contributed by atoms with Crippen LogP contribution in [0.15, 0.2) is 48.6 Å². The van der Waals surface area contributed by atoms with E-state index in [1.807, 2.05) is 43.0 Å². The highest BCUT2D eigenvalue weighted by atomic mass is 32.1. The predicted octanol–water partition coefficient (Wildman–Crippen LogP) is 4.30. The number of piperidine rings is 1. The number of likely N-dealkylation sites (N-methyl/N-ethyl adjacent to an activating group) is 1. The average Bonchev–Trinajstić information content (AvgIpc) is 3.27. The quantitative estimate of drug-likeness (QED) is 0.309. The van der Waals surface area contributed by atoms with Gasteiger partial charge in [0.25, 0.3) is 5.91 Å².